The molecule has 0 radical (unpaired) electrons. The molecule has 0 heterocycles. The van der Waals surface area contributed by atoms with Crippen LogP contribution >= 0.6 is 0 Å². The maximum absolute atomic E-state index is 10.7. The zero-order valence-electron chi connectivity index (χ0n) is 7.50. The van der Waals surface area contributed by atoms with Gasteiger partial charge >= 0.3 is 0 Å². The highest BCUT2D eigenvalue weighted by molar-refractivity contribution is 5.95. The Balaban J connectivity index is 3.95. The third-order valence-electron chi connectivity index (χ3n) is 1.23. The summed E-state index contributed by atoms with van der Waals surface area (Å²) in [5.74, 6) is 9.00. The molecule has 2 N–H and O–H groups in total. The predicted octanol–water partition coefficient (Wildman–Crippen LogP) is -0.284. The summed E-state index contributed by atoms with van der Waals surface area (Å²) in [6.07, 6.45) is -0.105. The van der Waals surface area contributed by atoms with Gasteiger partial charge in [0, 0.05) is 6.42 Å². The van der Waals surface area contributed by atoms with Crippen LogP contribution in [-0.4, -0.2) is 28.7 Å². The van der Waals surface area contributed by atoms with Gasteiger partial charge in [-0.1, -0.05) is 12.8 Å². The highest BCUT2D eigenvalue weighted by Gasteiger charge is 1.92. The largest absolute Gasteiger partial charge is 0.396 e. The normalized spacial score (nSPS) is 10.4. The zero-order valence-corrected chi connectivity index (χ0v) is 7.50. The van der Waals surface area contributed by atoms with Crippen molar-refractivity contribution in [3.8, 4) is 23.7 Å². The van der Waals surface area contributed by atoms with Gasteiger partial charge in [0.05, 0.1) is 6.61 Å². The molecule has 0 aromatic rings. The molecule has 13 heavy (non-hydrogen) atoms. The third-order valence-corrected chi connectivity index (χ3v) is 1.23. The molecule has 0 amide bonds. The number of rotatable bonds is 3. The van der Waals surface area contributed by atoms with Gasteiger partial charge in [0.25, 0.3) is 0 Å². The fourth-order valence-corrected chi connectivity index (χ4v) is 0.486. The van der Waals surface area contributed by atoms with E-state index in [1.807, 2.05) is 0 Å². The van der Waals surface area contributed by atoms with Gasteiger partial charge in [-0.15, -0.1) is 0 Å². The molecule has 3 nitrogen and oxygen atoms in total. The standard InChI is InChI=1S/C10H12O3/c1-2-9(12)5-3-4-6-10(13)7-8-11/h9,11-12H,2,7-8H2,1H3/t9-/m1/s1. The molecule has 0 saturated heterocycles. The molecule has 0 saturated carbocycles. The van der Waals surface area contributed by atoms with Crippen molar-refractivity contribution in [3.63, 3.8) is 0 Å². The number of carbonyl (C=O) groups is 1. The lowest BCUT2D eigenvalue weighted by Crippen LogP contribution is -1.98. The maximum Gasteiger partial charge on any atom is 0.208 e. The van der Waals surface area contributed by atoms with Crippen LogP contribution < -0.4 is 0 Å². The highest BCUT2D eigenvalue weighted by Crippen LogP contribution is 1.84. The summed E-state index contributed by atoms with van der Waals surface area (Å²) >= 11 is 0. The van der Waals surface area contributed by atoms with E-state index in [-0.39, 0.29) is 18.8 Å². The molecule has 0 aromatic carbocycles. The number of hydrogen-bond acceptors (Lipinski definition) is 3. The molecule has 1 atom stereocenters. The van der Waals surface area contributed by atoms with E-state index in [2.05, 4.69) is 23.7 Å². The first kappa shape index (κ1) is 11.7. The number of hydrogen-bond donors (Lipinski definition) is 2. The molecular weight excluding hydrogens is 168 g/mol. The summed E-state index contributed by atoms with van der Waals surface area (Å²) < 4.78 is 0. The van der Waals surface area contributed by atoms with Crippen molar-refractivity contribution in [2.75, 3.05) is 6.61 Å². The van der Waals surface area contributed by atoms with E-state index in [1.54, 1.807) is 6.92 Å². The average molecular weight is 180 g/mol. The van der Waals surface area contributed by atoms with E-state index in [0.717, 1.165) is 0 Å². The molecule has 3 heteroatoms. The summed E-state index contributed by atoms with van der Waals surface area (Å²) in [4.78, 5) is 10.7. The van der Waals surface area contributed by atoms with Crippen LogP contribution in [0.5, 0.6) is 0 Å². The Morgan fingerprint density at radius 2 is 2.15 bits per heavy atom. The van der Waals surface area contributed by atoms with Crippen LogP contribution in [0.2, 0.25) is 0 Å². The van der Waals surface area contributed by atoms with E-state index in [4.69, 9.17) is 10.2 Å². The molecule has 0 aliphatic carbocycles. The van der Waals surface area contributed by atoms with Crippen molar-refractivity contribution >= 4 is 5.78 Å². The Morgan fingerprint density at radius 3 is 2.69 bits per heavy atom. The Bertz CT molecular complexity index is 272. The van der Waals surface area contributed by atoms with Gasteiger partial charge in [-0.25, -0.2) is 0 Å². The van der Waals surface area contributed by atoms with Crippen molar-refractivity contribution in [2.24, 2.45) is 0 Å². The van der Waals surface area contributed by atoms with Gasteiger partial charge in [-0.3, -0.25) is 4.79 Å². The smallest absolute Gasteiger partial charge is 0.208 e. The average Bonchev–Trinajstić information content (AvgIpc) is 2.12. The fraction of sp³-hybridized carbons (Fsp3) is 0.500. The van der Waals surface area contributed by atoms with Crippen LogP contribution in [0.4, 0.5) is 0 Å². The Hall–Kier alpha value is -1.29. The van der Waals surface area contributed by atoms with Crippen LogP contribution in [0.25, 0.3) is 0 Å². The van der Waals surface area contributed by atoms with Crippen LogP contribution in [0.3, 0.4) is 0 Å². The molecule has 70 valence electrons. The summed E-state index contributed by atoms with van der Waals surface area (Å²) in [5, 5.41) is 17.3. The molecule has 0 aliphatic heterocycles. The van der Waals surface area contributed by atoms with Crippen LogP contribution in [0, 0.1) is 23.7 Å². The van der Waals surface area contributed by atoms with Crippen molar-refractivity contribution in [1.82, 2.24) is 0 Å². The maximum atomic E-state index is 10.7. The quantitative estimate of drug-likeness (QED) is 0.463. The number of aliphatic hydroxyl groups excluding tert-OH is 2. The Kier molecular flexibility index (Phi) is 6.63. The van der Waals surface area contributed by atoms with Gasteiger partial charge in [0.1, 0.15) is 6.10 Å². The van der Waals surface area contributed by atoms with Crippen LogP contribution in [-0.2, 0) is 4.79 Å². The van der Waals surface area contributed by atoms with Gasteiger partial charge in [0.15, 0.2) is 0 Å². The van der Waals surface area contributed by atoms with Gasteiger partial charge < -0.3 is 10.2 Å². The van der Waals surface area contributed by atoms with E-state index in [0.29, 0.717) is 6.42 Å². The molecular formula is C10H12O3. The molecule has 0 unspecified atom stereocenters. The van der Waals surface area contributed by atoms with Crippen molar-refractivity contribution in [1.29, 1.82) is 0 Å². The lowest BCUT2D eigenvalue weighted by Gasteiger charge is -1.91. The fourth-order valence-electron chi connectivity index (χ4n) is 0.486. The summed E-state index contributed by atoms with van der Waals surface area (Å²) in [5.41, 5.74) is 0. The predicted molar refractivity (Wildman–Crippen MR) is 48.6 cm³/mol. The first-order chi connectivity index (χ1) is 6.20. The minimum Gasteiger partial charge on any atom is -0.396 e. The monoisotopic (exact) mass is 180 g/mol. The SMILES string of the molecule is CC[C@@H](O)C#CC#CC(=O)CCO. The van der Waals surface area contributed by atoms with Gasteiger partial charge in [-0.2, -0.15) is 0 Å². The van der Waals surface area contributed by atoms with Crippen LogP contribution in [0.1, 0.15) is 19.8 Å². The Morgan fingerprint density at radius 1 is 1.46 bits per heavy atom. The van der Waals surface area contributed by atoms with Gasteiger partial charge in [0.2, 0.25) is 5.78 Å². The highest BCUT2D eigenvalue weighted by atomic mass is 16.3. The first-order valence-corrected chi connectivity index (χ1v) is 4.04. The lowest BCUT2D eigenvalue weighted by molar-refractivity contribution is -0.114. The second-order valence-corrected chi connectivity index (χ2v) is 2.34. The van der Waals surface area contributed by atoms with Crippen molar-refractivity contribution < 1.29 is 15.0 Å². The van der Waals surface area contributed by atoms with E-state index >= 15 is 0 Å². The molecule has 0 aliphatic rings. The topological polar surface area (TPSA) is 57.5 Å². The number of Topliss-reactive ketones (excluding diaryl/α,β-unsaturated/α-hetero) is 1. The number of aliphatic hydroxyl groups is 2. The number of carbonyl (C=O) groups excluding carboxylic acids is 1. The van der Waals surface area contributed by atoms with E-state index < -0.39 is 6.10 Å². The summed E-state index contributed by atoms with van der Waals surface area (Å²) in [7, 11) is 0. The zero-order chi connectivity index (χ0) is 10.1. The third kappa shape index (κ3) is 7.08. The minimum atomic E-state index is -0.678. The molecule has 0 fully saturated rings. The summed E-state index contributed by atoms with van der Waals surface area (Å²) in [6, 6.07) is 0. The first-order valence-electron chi connectivity index (χ1n) is 4.04. The van der Waals surface area contributed by atoms with E-state index in [9.17, 15) is 4.79 Å². The summed E-state index contributed by atoms with van der Waals surface area (Å²) in [6.45, 7) is 1.60. The van der Waals surface area contributed by atoms with Crippen molar-refractivity contribution in [2.45, 2.75) is 25.9 Å². The van der Waals surface area contributed by atoms with Crippen molar-refractivity contribution in [3.05, 3.63) is 0 Å². The second kappa shape index (κ2) is 7.36. The molecule has 0 rings (SSSR count). The van der Waals surface area contributed by atoms with E-state index in [1.165, 1.54) is 0 Å². The molecule has 0 aromatic heterocycles. The second-order valence-electron chi connectivity index (χ2n) is 2.34. The lowest BCUT2D eigenvalue weighted by atomic mass is 10.3. The Labute approximate surface area is 77.8 Å². The molecule has 0 spiro atoms. The van der Waals surface area contributed by atoms with Crippen LogP contribution in [0.15, 0.2) is 0 Å². The molecule has 0 bridgehead atoms. The minimum absolute atomic E-state index is 0.0327. The number of ketones is 1. The van der Waals surface area contributed by atoms with Gasteiger partial charge in [-0.05, 0) is 24.2 Å².